The van der Waals surface area contributed by atoms with E-state index in [0.29, 0.717) is 5.46 Å². The van der Waals surface area contributed by atoms with Crippen molar-refractivity contribution in [3.8, 4) is 77.9 Å². The van der Waals surface area contributed by atoms with Gasteiger partial charge >= 0.3 is 7.12 Å². The van der Waals surface area contributed by atoms with Crippen LogP contribution in [0.25, 0.3) is 165 Å². The summed E-state index contributed by atoms with van der Waals surface area (Å²) in [6, 6.07) is 118. The molecule has 0 aliphatic rings. The second-order valence-corrected chi connectivity index (χ2v) is 24.5. The molecule has 0 bridgehead atoms. The second kappa shape index (κ2) is 25.0. The van der Waals surface area contributed by atoms with Crippen LogP contribution in [0.15, 0.2) is 353 Å². The van der Waals surface area contributed by atoms with Crippen LogP contribution in [0.5, 0.6) is 0 Å². The Hall–Kier alpha value is -11.4. The molecule has 0 unspecified atom stereocenters. The van der Waals surface area contributed by atoms with Crippen LogP contribution in [-0.4, -0.2) is 17.2 Å². The average Bonchev–Trinajstić information content (AvgIpc) is 1.08. The van der Waals surface area contributed by atoms with Crippen LogP contribution in [0.3, 0.4) is 0 Å². The average molecular weight is 1270 g/mol. The first-order valence-electron chi connectivity index (χ1n) is 31.6. The van der Waals surface area contributed by atoms with E-state index in [2.05, 4.69) is 271 Å². The summed E-state index contributed by atoms with van der Waals surface area (Å²) in [7, 11) is -1.54. The first-order chi connectivity index (χ1) is 46.4. The number of para-hydroxylation sites is 4. The van der Waals surface area contributed by atoms with Gasteiger partial charge in [0.2, 0.25) is 0 Å². The van der Waals surface area contributed by atoms with Gasteiger partial charge < -0.3 is 18.9 Å². The van der Waals surface area contributed by atoms with Gasteiger partial charge in [-0.25, -0.2) is 0 Å². The van der Waals surface area contributed by atoms with E-state index in [1.54, 1.807) is 0 Å². The number of benzene rings is 16. The zero-order valence-electron chi connectivity index (χ0n) is 51.0. The van der Waals surface area contributed by atoms with Gasteiger partial charge in [0.1, 0.15) is 22.3 Å². The van der Waals surface area contributed by atoms with Gasteiger partial charge in [0.05, 0.1) is 0 Å². The molecule has 0 fully saturated rings. The van der Waals surface area contributed by atoms with E-state index in [0.717, 1.165) is 104 Å². The maximum absolute atomic E-state index is 10.2. The first kappa shape index (κ1) is 57.8. The highest BCUT2D eigenvalue weighted by Gasteiger charge is 2.24. The van der Waals surface area contributed by atoms with Crippen LogP contribution in [0.1, 0.15) is 0 Å². The predicted molar refractivity (Wildman–Crippen MR) is 399 cm³/mol. The van der Waals surface area contributed by atoms with Gasteiger partial charge in [-0.05, 0) is 140 Å². The van der Waals surface area contributed by atoms with Gasteiger partial charge in [-0.3, -0.25) is 0 Å². The Labute approximate surface area is 552 Å². The Balaban J connectivity index is 0.000000122. The zero-order chi connectivity index (χ0) is 63.1. The van der Waals surface area contributed by atoms with Crippen LogP contribution in [0.2, 0.25) is 0 Å². The topological polar surface area (TPSA) is 66.7 Å². The lowest BCUT2D eigenvalue weighted by Gasteiger charge is -2.19. The highest BCUT2D eigenvalue weighted by Crippen LogP contribution is 2.48. The van der Waals surface area contributed by atoms with Crippen LogP contribution >= 0.6 is 15.9 Å². The van der Waals surface area contributed by atoms with Gasteiger partial charge in [0.15, 0.2) is 0 Å². The summed E-state index contributed by atoms with van der Waals surface area (Å²) < 4.78 is 13.5. The van der Waals surface area contributed by atoms with E-state index in [1.807, 2.05) is 84.9 Å². The largest absolute Gasteiger partial charge is 0.489 e. The number of fused-ring (bicyclic) bond motifs is 10. The van der Waals surface area contributed by atoms with Crippen molar-refractivity contribution < 1.29 is 18.9 Å². The summed E-state index contributed by atoms with van der Waals surface area (Å²) in [5.41, 5.74) is 20.8. The van der Waals surface area contributed by atoms with Gasteiger partial charge in [-0.2, -0.15) is 0 Å². The van der Waals surface area contributed by atoms with Gasteiger partial charge in [0, 0.05) is 37.1 Å². The lowest BCUT2D eigenvalue weighted by Crippen LogP contribution is -2.31. The molecular formula is C88H58BBrO4. The molecule has 0 aliphatic carbocycles. The minimum absolute atomic E-state index is 0.553. The van der Waals surface area contributed by atoms with E-state index in [4.69, 9.17) is 8.83 Å². The smallest absolute Gasteiger partial charge is 0.455 e. The third kappa shape index (κ3) is 10.5. The minimum Gasteiger partial charge on any atom is -0.455 e. The highest BCUT2D eigenvalue weighted by atomic mass is 79.9. The molecular weight excluding hydrogens is 1210 g/mol. The minimum atomic E-state index is -1.54. The van der Waals surface area contributed by atoms with Crippen molar-refractivity contribution in [3.63, 3.8) is 0 Å². The van der Waals surface area contributed by atoms with Crippen LogP contribution < -0.4 is 5.46 Å². The molecule has 0 aliphatic heterocycles. The number of hydrogen-bond acceptors (Lipinski definition) is 4. The maximum Gasteiger partial charge on any atom is 0.489 e. The lowest BCUT2D eigenvalue weighted by atomic mass is 9.72. The monoisotopic (exact) mass is 1270 g/mol. The van der Waals surface area contributed by atoms with Gasteiger partial charge in [0.25, 0.3) is 0 Å². The Morgan fingerprint density at radius 3 is 0.894 bits per heavy atom. The number of rotatable bonds is 8. The van der Waals surface area contributed by atoms with Crippen molar-refractivity contribution in [2.45, 2.75) is 0 Å². The molecule has 94 heavy (non-hydrogen) atoms. The molecule has 18 rings (SSSR count). The lowest BCUT2D eigenvalue weighted by molar-refractivity contribution is 0.426. The molecule has 6 heteroatoms. The fourth-order valence-electron chi connectivity index (χ4n) is 14.0. The van der Waals surface area contributed by atoms with Crippen molar-refractivity contribution in [3.05, 3.63) is 344 Å². The Kier molecular flexibility index (Phi) is 15.4. The number of hydrogen-bond donors (Lipinski definition) is 2. The van der Waals surface area contributed by atoms with E-state index >= 15 is 0 Å². The summed E-state index contributed by atoms with van der Waals surface area (Å²) >= 11 is 3.47. The number of furan rings is 2. The summed E-state index contributed by atoms with van der Waals surface area (Å²) in [6.07, 6.45) is 0. The van der Waals surface area contributed by atoms with Crippen LogP contribution in [0.4, 0.5) is 0 Å². The summed E-state index contributed by atoms with van der Waals surface area (Å²) in [5.74, 6) is 0. The number of halogens is 1. The molecule has 0 saturated heterocycles. The SMILES string of the molecule is Brc1ccc(-c2cccc3c2oc2ccccc23)cc1.OB(O)c1c2ccccc2c(-c2ccccc2-c2ccccc2)c2ccccc12.c1ccc(-c2ccccc2-c2c3ccccc3c(-c3ccc(-c4cccc5c4oc4ccccc45)cc3)c3ccccc23)cc1. The Bertz CT molecular complexity index is 5720. The molecule has 2 aromatic heterocycles. The van der Waals surface area contributed by atoms with Crippen molar-refractivity contribution in [2.24, 2.45) is 0 Å². The third-order valence-corrected chi connectivity index (χ3v) is 18.7. The Morgan fingerprint density at radius 1 is 0.213 bits per heavy atom. The molecule has 0 radical (unpaired) electrons. The molecule has 0 spiro atoms. The Morgan fingerprint density at radius 2 is 0.489 bits per heavy atom. The molecule has 16 aromatic carbocycles. The summed E-state index contributed by atoms with van der Waals surface area (Å²) in [5, 5.41) is 33.7. The zero-order valence-corrected chi connectivity index (χ0v) is 52.6. The van der Waals surface area contributed by atoms with Crippen molar-refractivity contribution in [1.82, 2.24) is 0 Å². The van der Waals surface area contributed by atoms with Crippen LogP contribution in [0, 0.1) is 0 Å². The van der Waals surface area contributed by atoms with Gasteiger partial charge in [-0.1, -0.05) is 331 Å². The van der Waals surface area contributed by atoms with Crippen molar-refractivity contribution in [2.75, 3.05) is 0 Å². The molecule has 18 aromatic rings. The van der Waals surface area contributed by atoms with Crippen LogP contribution in [-0.2, 0) is 0 Å². The normalized spacial score (nSPS) is 11.4. The standard InChI is InChI=1S/C44H28O.C26H19BO2.C18H11BrO/c1-2-13-29(14-3-1)32-15-4-5-17-35(32)43-38-20-8-6-18-36(38)42(37-19-7-9-21-39(37)43)31-27-25-30(26-28-31)33-22-12-23-40-34-16-10-11-24-41(34)45-44(33)40;28-27(29)26-23-16-8-6-14-21(23)25(22-15-7-9-17-24(22)26)20-13-5-4-12-19(20)18-10-2-1-3-11-18;19-13-10-8-12(9-11-13)14-5-3-6-16-15-4-1-2-7-17(15)20-18(14)16/h1-28H;1-17,28-29H;1-11H. The fourth-order valence-corrected chi connectivity index (χ4v) is 14.3. The summed E-state index contributed by atoms with van der Waals surface area (Å²) in [6.45, 7) is 0. The molecule has 0 amide bonds. The molecule has 2 heterocycles. The van der Waals surface area contributed by atoms with Gasteiger partial charge in [-0.15, -0.1) is 0 Å². The molecule has 444 valence electrons. The van der Waals surface area contributed by atoms with Crippen molar-refractivity contribution >= 4 is 115 Å². The maximum atomic E-state index is 10.2. The molecule has 0 saturated carbocycles. The fraction of sp³-hybridized carbons (Fsp3) is 0. The molecule has 0 atom stereocenters. The van der Waals surface area contributed by atoms with E-state index < -0.39 is 7.12 Å². The van der Waals surface area contributed by atoms with Crippen molar-refractivity contribution in [1.29, 1.82) is 0 Å². The summed E-state index contributed by atoms with van der Waals surface area (Å²) in [4.78, 5) is 0. The van der Waals surface area contributed by atoms with E-state index in [9.17, 15) is 10.0 Å². The molecule has 2 N–H and O–H groups in total. The predicted octanol–water partition coefficient (Wildman–Crippen LogP) is 23.6. The highest BCUT2D eigenvalue weighted by molar-refractivity contribution is 9.10. The van der Waals surface area contributed by atoms with E-state index in [-0.39, 0.29) is 0 Å². The first-order valence-corrected chi connectivity index (χ1v) is 32.4. The third-order valence-electron chi connectivity index (χ3n) is 18.2. The second-order valence-electron chi connectivity index (χ2n) is 23.6. The quantitative estimate of drug-likeness (QED) is 0.118. The van der Waals surface area contributed by atoms with E-state index in [1.165, 1.54) is 65.7 Å². The molecule has 4 nitrogen and oxygen atoms in total.